The van der Waals surface area contributed by atoms with E-state index in [1.807, 2.05) is 0 Å². The van der Waals surface area contributed by atoms with Crippen molar-refractivity contribution in [2.45, 2.75) is 11.8 Å². The predicted molar refractivity (Wildman–Crippen MR) is 33.1 cm³/mol. The molecule has 0 saturated heterocycles. The molecule has 0 bridgehead atoms. The van der Waals surface area contributed by atoms with E-state index >= 15 is 0 Å². The third kappa shape index (κ3) is 2.60. The number of methoxy groups -OCH3 is 1. The minimum Gasteiger partial charge on any atom is -0.378 e. The van der Waals surface area contributed by atoms with Gasteiger partial charge in [0.25, 0.3) is 0 Å². The second-order valence-electron chi connectivity index (χ2n) is 2.19. The minimum absolute atomic E-state index is 0.912. The number of ether oxygens (including phenoxy) is 2. The van der Waals surface area contributed by atoms with Crippen molar-refractivity contribution in [3.05, 3.63) is 7.11 Å². The van der Waals surface area contributed by atoms with Crippen LogP contribution in [0.5, 0.6) is 0 Å². The van der Waals surface area contributed by atoms with Gasteiger partial charge in [0.2, 0.25) is 0 Å². The van der Waals surface area contributed by atoms with Crippen LogP contribution in [0, 0.1) is 7.11 Å². The smallest absolute Gasteiger partial charge is 0.335 e. The summed E-state index contributed by atoms with van der Waals surface area (Å²) in [6.07, 6.45) is 0. The van der Waals surface area contributed by atoms with Gasteiger partial charge in [-0.25, -0.2) is 0 Å². The zero-order valence-corrected chi connectivity index (χ0v) is 6.45. The molecule has 0 aliphatic heterocycles. The second kappa shape index (κ2) is 4.04. The highest BCUT2D eigenvalue weighted by atomic mass is 19.3. The summed E-state index contributed by atoms with van der Waals surface area (Å²) in [4.78, 5) is 0. The summed E-state index contributed by atoms with van der Waals surface area (Å²) in [5, 5.41) is 0. The molecule has 0 aliphatic carbocycles. The van der Waals surface area contributed by atoms with Gasteiger partial charge in [0, 0.05) is 7.11 Å². The molecule has 0 aromatic carbocycles. The van der Waals surface area contributed by atoms with Crippen LogP contribution in [-0.2, 0) is 9.47 Å². The van der Waals surface area contributed by atoms with E-state index in [2.05, 4.69) is 16.6 Å². The van der Waals surface area contributed by atoms with Crippen molar-refractivity contribution in [1.29, 1.82) is 0 Å². The Morgan fingerprint density at radius 2 is 1.50 bits per heavy atom. The lowest BCUT2D eigenvalue weighted by Crippen LogP contribution is -2.47. The van der Waals surface area contributed by atoms with Gasteiger partial charge >= 0.3 is 11.8 Å². The zero-order chi connectivity index (χ0) is 9.83. The lowest BCUT2D eigenvalue weighted by atomic mass is 10.2. The van der Waals surface area contributed by atoms with Crippen molar-refractivity contribution in [3.63, 3.8) is 0 Å². The first kappa shape index (κ1) is 11.6. The molecule has 0 unspecified atom stereocenters. The average molecular weight is 189 g/mol. The molecule has 0 aromatic rings. The summed E-state index contributed by atoms with van der Waals surface area (Å²) in [5.41, 5.74) is 0. The van der Waals surface area contributed by atoms with Gasteiger partial charge < -0.3 is 9.47 Å². The standard InChI is InChI=1S/C6H9F4O2/c1-11-3-5(7,8)6(9,10)4-12-2/h1,3-4H2,2H3. The maximum absolute atomic E-state index is 12.4. The van der Waals surface area contributed by atoms with Crippen molar-refractivity contribution in [2.24, 2.45) is 0 Å². The Labute approximate surface area is 67.5 Å². The van der Waals surface area contributed by atoms with Crippen LogP contribution in [0.3, 0.4) is 0 Å². The van der Waals surface area contributed by atoms with Crippen molar-refractivity contribution >= 4 is 0 Å². The molecule has 0 atom stereocenters. The first-order valence-electron chi connectivity index (χ1n) is 2.99. The molecule has 0 spiro atoms. The van der Waals surface area contributed by atoms with E-state index in [1.165, 1.54) is 0 Å². The molecule has 0 heterocycles. The predicted octanol–water partition coefficient (Wildman–Crippen LogP) is 1.71. The van der Waals surface area contributed by atoms with Crippen LogP contribution in [0.1, 0.15) is 0 Å². The van der Waals surface area contributed by atoms with Crippen molar-refractivity contribution in [2.75, 3.05) is 20.3 Å². The Kier molecular flexibility index (Phi) is 3.92. The van der Waals surface area contributed by atoms with Gasteiger partial charge in [0.1, 0.15) is 13.2 Å². The van der Waals surface area contributed by atoms with E-state index in [0.29, 0.717) is 0 Å². The summed E-state index contributed by atoms with van der Waals surface area (Å²) < 4.78 is 57.2. The summed E-state index contributed by atoms with van der Waals surface area (Å²) in [6.45, 7) is -2.77. The van der Waals surface area contributed by atoms with Crippen LogP contribution in [0.4, 0.5) is 17.6 Å². The number of hydrogen-bond donors (Lipinski definition) is 0. The van der Waals surface area contributed by atoms with Gasteiger partial charge in [-0.05, 0) is 0 Å². The molecule has 73 valence electrons. The van der Waals surface area contributed by atoms with Crippen molar-refractivity contribution < 1.29 is 27.0 Å². The molecule has 1 radical (unpaired) electrons. The minimum atomic E-state index is -4.25. The van der Waals surface area contributed by atoms with E-state index in [-0.39, 0.29) is 0 Å². The molecule has 0 fully saturated rings. The van der Waals surface area contributed by atoms with E-state index in [1.54, 1.807) is 0 Å². The Morgan fingerprint density at radius 1 is 1.08 bits per heavy atom. The van der Waals surface area contributed by atoms with Crippen LogP contribution in [-0.4, -0.2) is 32.2 Å². The van der Waals surface area contributed by atoms with E-state index in [4.69, 9.17) is 0 Å². The largest absolute Gasteiger partial charge is 0.378 e. The number of halogens is 4. The van der Waals surface area contributed by atoms with E-state index in [0.717, 1.165) is 7.11 Å². The summed E-state index contributed by atoms with van der Waals surface area (Å²) in [7, 11) is 3.50. The summed E-state index contributed by atoms with van der Waals surface area (Å²) >= 11 is 0. The van der Waals surface area contributed by atoms with Gasteiger partial charge in [-0.1, -0.05) is 0 Å². The van der Waals surface area contributed by atoms with Gasteiger partial charge in [0.05, 0.1) is 7.11 Å². The molecule has 0 N–H and O–H groups in total. The topological polar surface area (TPSA) is 18.5 Å². The first-order valence-corrected chi connectivity index (χ1v) is 2.99. The van der Waals surface area contributed by atoms with Crippen LogP contribution in [0.2, 0.25) is 0 Å². The van der Waals surface area contributed by atoms with Crippen molar-refractivity contribution in [1.82, 2.24) is 0 Å². The van der Waals surface area contributed by atoms with Gasteiger partial charge in [-0.2, -0.15) is 17.6 Å². The third-order valence-corrected chi connectivity index (χ3v) is 1.14. The van der Waals surface area contributed by atoms with Crippen LogP contribution < -0.4 is 0 Å². The van der Waals surface area contributed by atoms with Crippen LogP contribution in [0.25, 0.3) is 0 Å². The Bertz CT molecular complexity index is 122. The fourth-order valence-corrected chi connectivity index (χ4v) is 0.521. The normalized spacial score (nSPS) is 13.5. The SMILES string of the molecule is [CH2]OCC(F)(F)C(F)(F)COC. The highest BCUT2D eigenvalue weighted by Crippen LogP contribution is 2.34. The fraction of sp³-hybridized carbons (Fsp3) is 0.833. The molecule has 6 heteroatoms. The van der Waals surface area contributed by atoms with E-state index in [9.17, 15) is 17.6 Å². The van der Waals surface area contributed by atoms with E-state index < -0.39 is 25.1 Å². The summed E-state index contributed by atoms with van der Waals surface area (Å²) in [5.74, 6) is -8.47. The number of rotatable bonds is 5. The van der Waals surface area contributed by atoms with Crippen LogP contribution in [0.15, 0.2) is 0 Å². The maximum Gasteiger partial charge on any atom is 0.335 e. The quantitative estimate of drug-likeness (QED) is 0.613. The van der Waals surface area contributed by atoms with Gasteiger partial charge in [0.15, 0.2) is 0 Å². The lowest BCUT2D eigenvalue weighted by Gasteiger charge is -2.24. The van der Waals surface area contributed by atoms with Crippen molar-refractivity contribution in [3.8, 4) is 0 Å². The monoisotopic (exact) mass is 189 g/mol. The molecule has 12 heavy (non-hydrogen) atoms. The molecule has 0 saturated carbocycles. The van der Waals surface area contributed by atoms with Gasteiger partial charge in [-0.15, -0.1) is 0 Å². The third-order valence-electron chi connectivity index (χ3n) is 1.14. The molecule has 2 nitrogen and oxygen atoms in total. The molecule has 0 aliphatic rings. The fourth-order valence-electron chi connectivity index (χ4n) is 0.521. The lowest BCUT2D eigenvalue weighted by molar-refractivity contribution is -0.243. The van der Waals surface area contributed by atoms with Crippen LogP contribution >= 0.6 is 0 Å². The molecular formula is C6H9F4O2. The number of alkyl halides is 4. The molecular weight excluding hydrogens is 180 g/mol. The van der Waals surface area contributed by atoms with Gasteiger partial charge in [-0.3, -0.25) is 0 Å². The Balaban J connectivity index is 4.28. The first-order chi connectivity index (χ1) is 5.37. The molecule has 0 rings (SSSR count). The highest BCUT2D eigenvalue weighted by molar-refractivity contribution is 4.84. The zero-order valence-electron chi connectivity index (χ0n) is 6.45. The Morgan fingerprint density at radius 3 is 1.83 bits per heavy atom. The molecule has 0 amide bonds. The highest BCUT2D eigenvalue weighted by Gasteiger charge is 2.56. The number of hydrogen-bond acceptors (Lipinski definition) is 2. The summed E-state index contributed by atoms with van der Waals surface area (Å²) in [6, 6.07) is 0. The Hall–Kier alpha value is -0.360. The molecule has 0 aromatic heterocycles. The average Bonchev–Trinajstić information content (AvgIpc) is 1.86. The second-order valence-corrected chi connectivity index (χ2v) is 2.19. The maximum atomic E-state index is 12.4.